The maximum Gasteiger partial charge on any atom is 0.265 e. The van der Waals surface area contributed by atoms with E-state index in [1.54, 1.807) is 48.5 Å². The maximum atomic E-state index is 13.3. The molecule has 1 aliphatic rings. The van der Waals surface area contributed by atoms with Crippen LogP contribution in [0.25, 0.3) is 0 Å². The highest BCUT2D eigenvalue weighted by molar-refractivity contribution is 7.92. The van der Waals surface area contributed by atoms with Crippen LogP contribution in [0.3, 0.4) is 0 Å². The number of ether oxygens (including phenoxy) is 3. The number of amides is 2. The second-order valence-corrected chi connectivity index (χ2v) is 11.4. The summed E-state index contributed by atoms with van der Waals surface area (Å²) >= 11 is 0. The molecular weight excluding hydrogens is 570 g/mol. The largest absolute Gasteiger partial charge is 0.497 e. The molecule has 0 bridgehead atoms. The zero-order valence-electron chi connectivity index (χ0n) is 23.4. The number of hydrogen-bond acceptors (Lipinski definition) is 7. The third kappa shape index (κ3) is 7.44. The van der Waals surface area contributed by atoms with Crippen molar-refractivity contribution in [3.63, 3.8) is 0 Å². The van der Waals surface area contributed by atoms with Crippen LogP contribution in [0, 0.1) is 0 Å². The molecule has 5 rings (SSSR count). The fourth-order valence-electron chi connectivity index (χ4n) is 4.51. The summed E-state index contributed by atoms with van der Waals surface area (Å²) < 4.78 is 44.8. The van der Waals surface area contributed by atoms with Crippen molar-refractivity contribution in [2.24, 2.45) is 0 Å². The fourth-order valence-corrected chi connectivity index (χ4v) is 5.57. The van der Waals surface area contributed by atoms with Crippen LogP contribution >= 0.6 is 0 Å². The SMILES string of the molecule is COc1ccc(NS(=O)(=O)c2ccc(OCC(=O)N3C[C@@H](C(=O)NCCc4ccccc4)Oc4ccccc43)cc2)cc1. The van der Waals surface area contributed by atoms with Crippen LogP contribution in [-0.4, -0.2) is 53.1 Å². The standard InChI is InChI=1S/C32H31N3O7S/c1-40-25-13-11-24(12-14-25)34-43(38,39)27-17-15-26(16-18-27)41-22-31(36)35-21-30(42-29-10-6-5-9-28(29)35)32(37)33-20-19-23-7-3-2-4-8-23/h2-18,30,34H,19-22H2,1H3,(H,33,37)/t30-/m0/s1. The van der Waals surface area contributed by atoms with Crippen LogP contribution in [0.4, 0.5) is 11.4 Å². The Balaban J connectivity index is 1.19. The summed E-state index contributed by atoms with van der Waals surface area (Å²) in [6, 6.07) is 29.1. The first-order chi connectivity index (χ1) is 20.8. The van der Waals surface area contributed by atoms with Gasteiger partial charge in [-0.3, -0.25) is 14.3 Å². The molecule has 0 aromatic heterocycles. The lowest BCUT2D eigenvalue weighted by Crippen LogP contribution is -2.52. The molecule has 4 aromatic carbocycles. The molecule has 4 aromatic rings. The number of rotatable bonds is 11. The van der Waals surface area contributed by atoms with Crippen molar-refractivity contribution in [2.45, 2.75) is 17.4 Å². The molecule has 0 fully saturated rings. The van der Waals surface area contributed by atoms with Crippen LogP contribution in [0.15, 0.2) is 108 Å². The Bertz CT molecular complexity index is 1660. The number of nitrogens with zero attached hydrogens (tertiary/aromatic N) is 1. The van der Waals surface area contributed by atoms with Crippen molar-refractivity contribution in [1.82, 2.24) is 5.32 Å². The van der Waals surface area contributed by atoms with Gasteiger partial charge in [-0.2, -0.15) is 0 Å². The summed E-state index contributed by atoms with van der Waals surface area (Å²) in [6.45, 7) is 0.125. The molecule has 0 spiro atoms. The van der Waals surface area contributed by atoms with Gasteiger partial charge in [0.15, 0.2) is 12.7 Å². The van der Waals surface area contributed by atoms with Gasteiger partial charge in [0.05, 0.1) is 24.2 Å². The molecule has 2 N–H and O–H groups in total. The molecule has 1 heterocycles. The lowest BCUT2D eigenvalue weighted by Gasteiger charge is -2.34. The minimum atomic E-state index is -3.84. The number of fused-ring (bicyclic) bond motifs is 1. The monoisotopic (exact) mass is 601 g/mol. The molecule has 11 heteroatoms. The smallest absolute Gasteiger partial charge is 0.265 e. The Kier molecular flexibility index (Phi) is 9.11. The van der Waals surface area contributed by atoms with Gasteiger partial charge in [-0.1, -0.05) is 42.5 Å². The van der Waals surface area contributed by atoms with Crippen LogP contribution in [0.5, 0.6) is 17.2 Å². The highest BCUT2D eigenvalue weighted by Crippen LogP contribution is 2.33. The van der Waals surface area contributed by atoms with Crippen molar-refractivity contribution < 1.29 is 32.2 Å². The highest BCUT2D eigenvalue weighted by atomic mass is 32.2. The van der Waals surface area contributed by atoms with E-state index in [0.717, 1.165) is 5.56 Å². The number of carbonyl (C=O) groups excluding carboxylic acids is 2. The third-order valence-corrected chi connectivity index (χ3v) is 8.16. The summed E-state index contributed by atoms with van der Waals surface area (Å²) in [5.41, 5.74) is 2.03. The molecule has 0 radical (unpaired) electrons. The van der Waals surface area contributed by atoms with E-state index in [9.17, 15) is 18.0 Å². The number of benzene rings is 4. The van der Waals surface area contributed by atoms with Crippen LogP contribution < -0.4 is 29.1 Å². The number of nitrogens with one attached hydrogen (secondary N) is 2. The Labute approximate surface area is 250 Å². The third-order valence-electron chi connectivity index (χ3n) is 6.76. The van der Waals surface area contributed by atoms with E-state index in [1.807, 2.05) is 30.3 Å². The van der Waals surface area contributed by atoms with Crippen molar-refractivity contribution >= 4 is 33.2 Å². The molecule has 43 heavy (non-hydrogen) atoms. The van der Waals surface area contributed by atoms with Crippen molar-refractivity contribution in [3.8, 4) is 17.2 Å². The molecular formula is C32H31N3O7S. The number of carbonyl (C=O) groups is 2. The van der Waals surface area contributed by atoms with E-state index in [1.165, 1.54) is 36.3 Å². The second kappa shape index (κ2) is 13.3. The molecule has 0 aliphatic carbocycles. The van der Waals surface area contributed by atoms with E-state index < -0.39 is 16.1 Å². The molecule has 1 aliphatic heterocycles. The minimum absolute atomic E-state index is 0.0184. The molecule has 10 nitrogen and oxygen atoms in total. The number of methoxy groups -OCH3 is 1. The van der Waals surface area contributed by atoms with Gasteiger partial charge in [0.2, 0.25) is 0 Å². The van der Waals surface area contributed by atoms with Gasteiger partial charge in [-0.05, 0) is 72.6 Å². The van der Waals surface area contributed by atoms with Gasteiger partial charge in [0.1, 0.15) is 17.2 Å². The van der Waals surface area contributed by atoms with Crippen molar-refractivity contribution in [2.75, 3.05) is 36.4 Å². The Morgan fingerprint density at radius 2 is 1.56 bits per heavy atom. The lowest BCUT2D eigenvalue weighted by molar-refractivity contribution is -0.128. The Morgan fingerprint density at radius 1 is 0.884 bits per heavy atom. The van der Waals surface area contributed by atoms with Gasteiger partial charge in [0.25, 0.3) is 21.8 Å². The van der Waals surface area contributed by atoms with E-state index in [-0.39, 0.29) is 29.9 Å². The number of para-hydroxylation sites is 2. The van der Waals surface area contributed by atoms with Gasteiger partial charge in [-0.25, -0.2) is 8.42 Å². The van der Waals surface area contributed by atoms with Crippen LogP contribution in [0.2, 0.25) is 0 Å². The average Bonchev–Trinajstić information content (AvgIpc) is 3.04. The predicted octanol–water partition coefficient (Wildman–Crippen LogP) is 4.03. The van der Waals surface area contributed by atoms with Crippen molar-refractivity contribution in [1.29, 1.82) is 0 Å². The first kappa shape index (κ1) is 29.5. The molecule has 0 saturated carbocycles. The van der Waals surface area contributed by atoms with Gasteiger partial charge in [-0.15, -0.1) is 0 Å². The number of hydrogen-bond donors (Lipinski definition) is 2. The lowest BCUT2D eigenvalue weighted by atomic mass is 10.1. The maximum absolute atomic E-state index is 13.3. The van der Waals surface area contributed by atoms with Crippen LogP contribution in [-0.2, 0) is 26.0 Å². The molecule has 1 atom stereocenters. The second-order valence-electron chi connectivity index (χ2n) is 9.70. The Morgan fingerprint density at radius 3 is 2.28 bits per heavy atom. The summed E-state index contributed by atoms with van der Waals surface area (Å²) in [5.74, 6) is 0.648. The summed E-state index contributed by atoms with van der Waals surface area (Å²) in [7, 11) is -2.31. The summed E-state index contributed by atoms with van der Waals surface area (Å²) in [4.78, 5) is 27.7. The zero-order valence-corrected chi connectivity index (χ0v) is 24.3. The van der Waals surface area contributed by atoms with E-state index in [0.29, 0.717) is 41.6 Å². The predicted molar refractivity (Wildman–Crippen MR) is 162 cm³/mol. The van der Waals surface area contributed by atoms with Crippen LogP contribution in [0.1, 0.15) is 5.56 Å². The normalized spacial score (nSPS) is 14.2. The van der Waals surface area contributed by atoms with E-state index in [2.05, 4.69) is 10.0 Å². The molecule has 2 amide bonds. The fraction of sp³-hybridized carbons (Fsp3) is 0.188. The average molecular weight is 602 g/mol. The first-order valence-electron chi connectivity index (χ1n) is 13.6. The zero-order chi connectivity index (χ0) is 30.2. The molecule has 0 saturated heterocycles. The minimum Gasteiger partial charge on any atom is -0.497 e. The summed E-state index contributed by atoms with van der Waals surface area (Å²) in [5, 5.41) is 2.89. The van der Waals surface area contributed by atoms with Gasteiger partial charge >= 0.3 is 0 Å². The summed E-state index contributed by atoms with van der Waals surface area (Å²) in [6.07, 6.45) is -0.221. The topological polar surface area (TPSA) is 123 Å². The van der Waals surface area contributed by atoms with Gasteiger partial charge < -0.3 is 24.4 Å². The van der Waals surface area contributed by atoms with E-state index >= 15 is 0 Å². The quantitative estimate of drug-likeness (QED) is 0.266. The highest BCUT2D eigenvalue weighted by Gasteiger charge is 2.33. The molecule has 0 unspecified atom stereocenters. The number of sulfonamides is 1. The van der Waals surface area contributed by atoms with E-state index in [4.69, 9.17) is 14.2 Å². The Hall–Kier alpha value is -5.03. The molecule has 222 valence electrons. The van der Waals surface area contributed by atoms with Gasteiger partial charge in [0, 0.05) is 12.2 Å². The number of anilines is 2. The first-order valence-corrected chi connectivity index (χ1v) is 15.1. The van der Waals surface area contributed by atoms with Crippen molar-refractivity contribution in [3.05, 3.63) is 109 Å².